The number of benzene rings is 3. The summed E-state index contributed by atoms with van der Waals surface area (Å²) in [6.07, 6.45) is 0. The highest BCUT2D eigenvalue weighted by Crippen LogP contribution is 2.31. The van der Waals surface area contributed by atoms with Crippen molar-refractivity contribution in [2.75, 3.05) is 26.2 Å². The number of nitro benzene ring substituents is 1. The lowest BCUT2D eigenvalue weighted by atomic mass is 10.1. The minimum Gasteiger partial charge on any atom is -0.335 e. The molecule has 0 N–H and O–H groups in total. The first-order chi connectivity index (χ1) is 18.7. The van der Waals surface area contributed by atoms with E-state index >= 15 is 0 Å². The number of para-hydroxylation sites is 1. The van der Waals surface area contributed by atoms with Gasteiger partial charge in [0.2, 0.25) is 0 Å². The molecular weight excluding hydrogens is 523 g/mol. The van der Waals surface area contributed by atoms with E-state index < -0.39 is 4.92 Å². The Morgan fingerprint density at radius 1 is 0.872 bits per heavy atom. The average molecular weight is 547 g/mol. The molecule has 0 spiro atoms. The lowest BCUT2D eigenvalue weighted by Crippen LogP contribution is -2.50. The van der Waals surface area contributed by atoms with Gasteiger partial charge in [0.25, 0.3) is 17.5 Å². The molecule has 0 unspecified atom stereocenters. The van der Waals surface area contributed by atoms with Gasteiger partial charge in [-0.3, -0.25) is 19.7 Å². The molecule has 2 amide bonds. The molecule has 0 saturated carbocycles. The first-order valence-electron chi connectivity index (χ1n) is 12.3. The Labute approximate surface area is 229 Å². The van der Waals surface area contributed by atoms with Gasteiger partial charge in [-0.1, -0.05) is 29.8 Å². The van der Waals surface area contributed by atoms with Crippen molar-refractivity contribution in [2.45, 2.75) is 6.92 Å². The lowest BCUT2D eigenvalue weighted by Gasteiger charge is -2.34. The topological polar surface area (TPSA) is 88.7 Å². The molecule has 1 fully saturated rings. The number of aromatic nitrogens is 1. The average Bonchev–Trinajstić information content (AvgIpc) is 3.30. The second kappa shape index (κ2) is 10.7. The van der Waals surface area contributed by atoms with E-state index in [1.165, 1.54) is 30.3 Å². The van der Waals surface area contributed by atoms with Gasteiger partial charge in [-0.25, -0.2) is 4.39 Å². The number of nitro groups is 1. The van der Waals surface area contributed by atoms with Gasteiger partial charge in [-0.05, 0) is 67.1 Å². The fourth-order valence-electron chi connectivity index (χ4n) is 4.82. The van der Waals surface area contributed by atoms with Gasteiger partial charge in [0.1, 0.15) is 10.8 Å². The number of halogens is 2. The maximum absolute atomic E-state index is 13.7. The zero-order valence-electron chi connectivity index (χ0n) is 21.0. The Balaban J connectivity index is 1.38. The van der Waals surface area contributed by atoms with Crippen molar-refractivity contribution in [1.29, 1.82) is 0 Å². The van der Waals surface area contributed by atoms with Crippen LogP contribution >= 0.6 is 11.6 Å². The smallest absolute Gasteiger partial charge is 0.288 e. The van der Waals surface area contributed by atoms with Crippen LogP contribution in [0.5, 0.6) is 0 Å². The largest absolute Gasteiger partial charge is 0.335 e. The summed E-state index contributed by atoms with van der Waals surface area (Å²) in [5.41, 5.74) is 3.52. The van der Waals surface area contributed by atoms with Crippen LogP contribution in [0.15, 0.2) is 78.9 Å². The molecule has 198 valence electrons. The van der Waals surface area contributed by atoms with Gasteiger partial charge in [0.05, 0.1) is 16.2 Å². The first kappa shape index (κ1) is 26.1. The third-order valence-corrected chi connectivity index (χ3v) is 7.20. The van der Waals surface area contributed by atoms with E-state index in [2.05, 4.69) is 0 Å². The number of amides is 2. The molecule has 39 heavy (non-hydrogen) atoms. The Kier molecular flexibility index (Phi) is 7.17. The molecule has 3 aromatic carbocycles. The van der Waals surface area contributed by atoms with Crippen LogP contribution in [0, 0.1) is 22.9 Å². The van der Waals surface area contributed by atoms with Crippen LogP contribution in [0.1, 0.15) is 26.4 Å². The summed E-state index contributed by atoms with van der Waals surface area (Å²) < 4.78 is 15.6. The Morgan fingerprint density at radius 2 is 1.49 bits per heavy atom. The molecule has 4 aromatic rings. The number of nitrogens with zero attached hydrogens (tertiary/aromatic N) is 4. The van der Waals surface area contributed by atoms with Crippen molar-refractivity contribution >= 4 is 29.1 Å². The lowest BCUT2D eigenvalue weighted by molar-refractivity contribution is -0.384. The van der Waals surface area contributed by atoms with E-state index in [0.29, 0.717) is 18.7 Å². The number of carbonyl (C=O) groups is 2. The molecule has 10 heteroatoms. The van der Waals surface area contributed by atoms with Gasteiger partial charge in [0, 0.05) is 49.2 Å². The third kappa shape index (κ3) is 5.13. The Hall–Kier alpha value is -4.50. The van der Waals surface area contributed by atoms with Crippen LogP contribution in [-0.2, 0) is 0 Å². The summed E-state index contributed by atoms with van der Waals surface area (Å²) in [7, 11) is 0. The normalized spacial score (nSPS) is 13.4. The van der Waals surface area contributed by atoms with Crippen molar-refractivity contribution in [3.8, 4) is 16.9 Å². The molecule has 8 nitrogen and oxygen atoms in total. The highest BCUT2D eigenvalue weighted by molar-refractivity contribution is 6.32. The second-order valence-electron chi connectivity index (χ2n) is 9.21. The van der Waals surface area contributed by atoms with E-state index in [4.69, 9.17) is 11.6 Å². The highest BCUT2D eigenvalue weighted by atomic mass is 35.5. The van der Waals surface area contributed by atoms with Gasteiger partial charge in [-0.2, -0.15) is 0 Å². The van der Waals surface area contributed by atoms with E-state index in [0.717, 1.165) is 22.6 Å². The monoisotopic (exact) mass is 546 g/mol. The van der Waals surface area contributed by atoms with Crippen LogP contribution in [0.25, 0.3) is 16.9 Å². The predicted molar refractivity (Wildman–Crippen MR) is 146 cm³/mol. The van der Waals surface area contributed by atoms with Gasteiger partial charge >= 0.3 is 0 Å². The predicted octanol–water partition coefficient (Wildman–Crippen LogP) is 5.75. The fraction of sp³-hybridized carbons (Fsp3) is 0.172. The van der Waals surface area contributed by atoms with E-state index in [-0.39, 0.29) is 47.0 Å². The van der Waals surface area contributed by atoms with E-state index in [9.17, 15) is 24.1 Å². The number of hydrogen-bond acceptors (Lipinski definition) is 4. The van der Waals surface area contributed by atoms with E-state index in [1.54, 1.807) is 21.9 Å². The van der Waals surface area contributed by atoms with Crippen molar-refractivity contribution in [3.05, 3.63) is 117 Å². The summed E-state index contributed by atoms with van der Waals surface area (Å²) in [4.78, 5) is 40.5. The van der Waals surface area contributed by atoms with Crippen molar-refractivity contribution in [3.63, 3.8) is 0 Å². The van der Waals surface area contributed by atoms with Crippen LogP contribution in [0.3, 0.4) is 0 Å². The summed E-state index contributed by atoms with van der Waals surface area (Å²) >= 11 is 5.88. The molecule has 1 aliphatic heterocycles. The van der Waals surface area contributed by atoms with Crippen LogP contribution in [-0.4, -0.2) is 57.3 Å². The molecule has 0 aliphatic carbocycles. The second-order valence-corrected chi connectivity index (χ2v) is 9.62. The summed E-state index contributed by atoms with van der Waals surface area (Å²) in [6.45, 7) is 3.05. The van der Waals surface area contributed by atoms with Gasteiger partial charge in [-0.15, -0.1) is 0 Å². The van der Waals surface area contributed by atoms with Gasteiger partial charge < -0.3 is 14.4 Å². The van der Waals surface area contributed by atoms with Gasteiger partial charge in [0.15, 0.2) is 0 Å². The quantitative estimate of drug-likeness (QED) is 0.235. The molecule has 0 bridgehead atoms. The van der Waals surface area contributed by atoms with Crippen molar-refractivity contribution in [2.24, 2.45) is 0 Å². The SMILES string of the molecule is Cc1c(C(=O)N2CCN(C(=O)c3ccc(Cl)c([N+](=O)[O-])c3)CC2)cc(-c2ccc(F)cc2)n1-c1ccccc1. The molecule has 1 aliphatic rings. The van der Waals surface area contributed by atoms with Crippen molar-refractivity contribution < 1.29 is 18.9 Å². The minimum absolute atomic E-state index is 0.0372. The molecule has 1 aromatic heterocycles. The molecule has 1 saturated heterocycles. The Bertz CT molecular complexity index is 1560. The highest BCUT2D eigenvalue weighted by Gasteiger charge is 2.29. The van der Waals surface area contributed by atoms with E-state index in [1.807, 2.05) is 47.9 Å². The minimum atomic E-state index is -0.625. The molecule has 0 atom stereocenters. The van der Waals surface area contributed by atoms with Crippen LogP contribution in [0.4, 0.5) is 10.1 Å². The van der Waals surface area contributed by atoms with Crippen molar-refractivity contribution in [1.82, 2.24) is 14.4 Å². The zero-order chi connectivity index (χ0) is 27.7. The maximum atomic E-state index is 13.7. The first-order valence-corrected chi connectivity index (χ1v) is 12.7. The number of carbonyl (C=O) groups excluding carboxylic acids is 2. The summed E-state index contributed by atoms with van der Waals surface area (Å²) in [5.74, 6) is -0.864. The van der Waals surface area contributed by atoms with Crippen LogP contribution in [0.2, 0.25) is 5.02 Å². The fourth-order valence-corrected chi connectivity index (χ4v) is 5.00. The molecule has 0 radical (unpaired) electrons. The summed E-state index contributed by atoms with van der Waals surface area (Å²) in [5, 5.41) is 11.2. The molecule has 2 heterocycles. The summed E-state index contributed by atoms with van der Waals surface area (Å²) in [6, 6.07) is 21.6. The standard InChI is InChI=1S/C29H24ClFN4O4/c1-19-24(18-26(20-7-10-22(31)11-8-20)34(19)23-5-3-2-4-6-23)29(37)33-15-13-32(14-16-33)28(36)21-9-12-25(30)27(17-21)35(38)39/h2-12,17-18H,13-16H2,1H3. The number of piperazine rings is 1. The third-order valence-electron chi connectivity index (χ3n) is 6.88. The number of hydrogen-bond donors (Lipinski definition) is 0. The molecular formula is C29H24ClFN4O4. The number of rotatable bonds is 5. The maximum Gasteiger partial charge on any atom is 0.288 e. The molecule has 5 rings (SSSR count). The Morgan fingerprint density at radius 3 is 2.10 bits per heavy atom. The van der Waals surface area contributed by atoms with Crippen LogP contribution < -0.4 is 0 Å². The zero-order valence-corrected chi connectivity index (χ0v) is 21.8.